The molecule has 2 aromatic rings. The van der Waals surface area contributed by atoms with Crippen LogP contribution in [0.2, 0.25) is 10.0 Å². The quantitative estimate of drug-likeness (QED) is 0.750. The number of amides is 1. The van der Waals surface area contributed by atoms with Gasteiger partial charge in [0.2, 0.25) is 5.91 Å². The second-order valence-electron chi connectivity index (χ2n) is 5.46. The Morgan fingerprint density at radius 3 is 2.60 bits per heavy atom. The summed E-state index contributed by atoms with van der Waals surface area (Å²) in [7, 11) is 1.54. The molecule has 0 saturated carbocycles. The lowest BCUT2D eigenvalue weighted by Gasteiger charge is -2.16. The fourth-order valence-electron chi connectivity index (χ4n) is 2.38. The van der Waals surface area contributed by atoms with Gasteiger partial charge in [0.05, 0.1) is 30.2 Å². The number of carbonyl (C=O) groups is 2. The van der Waals surface area contributed by atoms with Gasteiger partial charge in [-0.1, -0.05) is 35.3 Å². The van der Waals surface area contributed by atoms with Crippen LogP contribution < -0.4 is 10.1 Å². The average Bonchev–Trinajstić information content (AvgIpc) is 2.56. The van der Waals surface area contributed by atoms with Crippen molar-refractivity contribution in [1.29, 1.82) is 0 Å². The van der Waals surface area contributed by atoms with Crippen molar-refractivity contribution in [3.63, 3.8) is 0 Å². The summed E-state index contributed by atoms with van der Waals surface area (Å²) >= 11 is 11.9. The van der Waals surface area contributed by atoms with Crippen LogP contribution in [-0.2, 0) is 16.0 Å². The maximum Gasteiger partial charge on any atom is 0.304 e. The Morgan fingerprint density at radius 2 is 1.96 bits per heavy atom. The van der Waals surface area contributed by atoms with Crippen LogP contribution in [0.1, 0.15) is 12.0 Å². The second kappa shape index (κ2) is 8.74. The fourth-order valence-corrected chi connectivity index (χ4v) is 2.83. The van der Waals surface area contributed by atoms with Crippen molar-refractivity contribution in [2.75, 3.05) is 12.4 Å². The summed E-state index contributed by atoms with van der Waals surface area (Å²) < 4.78 is 5.15. The van der Waals surface area contributed by atoms with E-state index in [4.69, 9.17) is 33.0 Å². The number of nitrogens with one attached hydrogen (secondary N) is 1. The molecule has 0 bridgehead atoms. The first kappa shape index (κ1) is 19.1. The van der Waals surface area contributed by atoms with E-state index in [-0.39, 0.29) is 17.9 Å². The van der Waals surface area contributed by atoms with E-state index < -0.39 is 17.8 Å². The maximum atomic E-state index is 12.5. The summed E-state index contributed by atoms with van der Waals surface area (Å²) in [5, 5.41) is 12.5. The number of ether oxygens (including phenoxy) is 1. The van der Waals surface area contributed by atoms with Crippen molar-refractivity contribution in [2.24, 2.45) is 5.92 Å². The van der Waals surface area contributed by atoms with E-state index in [9.17, 15) is 9.59 Å². The van der Waals surface area contributed by atoms with Gasteiger partial charge in [-0.05, 0) is 42.3 Å². The highest BCUT2D eigenvalue weighted by Crippen LogP contribution is 2.27. The van der Waals surface area contributed by atoms with Crippen molar-refractivity contribution >= 4 is 40.8 Å². The van der Waals surface area contributed by atoms with Crippen LogP contribution in [0.5, 0.6) is 5.75 Å². The summed E-state index contributed by atoms with van der Waals surface area (Å²) in [6.45, 7) is 0. The zero-order chi connectivity index (χ0) is 18.4. The summed E-state index contributed by atoms with van der Waals surface area (Å²) in [6, 6.07) is 11.8. The Labute approximate surface area is 155 Å². The molecule has 2 N–H and O–H groups in total. The van der Waals surface area contributed by atoms with Crippen LogP contribution in [0.15, 0.2) is 42.5 Å². The fraction of sp³-hybridized carbons (Fsp3) is 0.222. The number of methoxy groups -OCH3 is 1. The summed E-state index contributed by atoms with van der Waals surface area (Å²) in [4.78, 5) is 23.7. The van der Waals surface area contributed by atoms with E-state index >= 15 is 0 Å². The first-order chi connectivity index (χ1) is 11.9. The van der Waals surface area contributed by atoms with Crippen molar-refractivity contribution in [2.45, 2.75) is 12.8 Å². The lowest BCUT2D eigenvalue weighted by Crippen LogP contribution is -2.27. The number of anilines is 1. The van der Waals surface area contributed by atoms with Gasteiger partial charge in [-0.2, -0.15) is 0 Å². The summed E-state index contributed by atoms with van der Waals surface area (Å²) in [5.41, 5.74) is 1.19. The van der Waals surface area contributed by atoms with Gasteiger partial charge in [-0.25, -0.2) is 0 Å². The molecule has 0 heterocycles. The highest BCUT2D eigenvalue weighted by atomic mass is 35.5. The molecule has 2 rings (SSSR count). The van der Waals surface area contributed by atoms with Gasteiger partial charge in [-0.15, -0.1) is 0 Å². The Morgan fingerprint density at radius 1 is 1.20 bits per heavy atom. The van der Waals surface area contributed by atoms with E-state index in [1.165, 1.54) is 6.07 Å². The third-order valence-corrected chi connectivity index (χ3v) is 4.14. The van der Waals surface area contributed by atoms with Crippen molar-refractivity contribution in [1.82, 2.24) is 0 Å². The van der Waals surface area contributed by atoms with Gasteiger partial charge in [0.25, 0.3) is 0 Å². The van der Waals surface area contributed by atoms with Gasteiger partial charge in [0.15, 0.2) is 0 Å². The third kappa shape index (κ3) is 5.66. The number of carboxylic acids is 1. The molecule has 0 saturated heterocycles. The largest absolute Gasteiger partial charge is 0.497 e. The zero-order valence-electron chi connectivity index (χ0n) is 13.5. The van der Waals surface area contributed by atoms with E-state index in [0.29, 0.717) is 16.5 Å². The first-order valence-electron chi connectivity index (χ1n) is 7.49. The van der Waals surface area contributed by atoms with Crippen LogP contribution in [0.3, 0.4) is 0 Å². The Hall–Kier alpha value is -2.24. The molecule has 1 atom stereocenters. The van der Waals surface area contributed by atoms with E-state index in [1.54, 1.807) is 37.4 Å². The van der Waals surface area contributed by atoms with Crippen LogP contribution in [0, 0.1) is 5.92 Å². The topological polar surface area (TPSA) is 75.6 Å². The van der Waals surface area contributed by atoms with Gasteiger partial charge in [0, 0.05) is 5.02 Å². The molecule has 132 valence electrons. The Bertz CT molecular complexity index is 779. The molecule has 0 fully saturated rings. The van der Waals surface area contributed by atoms with E-state index in [0.717, 1.165) is 5.56 Å². The van der Waals surface area contributed by atoms with Crippen LogP contribution in [0.25, 0.3) is 0 Å². The van der Waals surface area contributed by atoms with Gasteiger partial charge < -0.3 is 15.2 Å². The summed E-state index contributed by atoms with van der Waals surface area (Å²) in [5.74, 6) is -1.58. The average molecular weight is 382 g/mol. The lowest BCUT2D eigenvalue weighted by molar-refractivity contribution is -0.140. The van der Waals surface area contributed by atoms with Gasteiger partial charge in [-0.3, -0.25) is 9.59 Å². The maximum absolute atomic E-state index is 12.5. The molecule has 25 heavy (non-hydrogen) atoms. The number of rotatable bonds is 7. The molecule has 5 nitrogen and oxygen atoms in total. The number of hydrogen-bond donors (Lipinski definition) is 2. The Balaban J connectivity index is 2.17. The number of carbonyl (C=O) groups excluding carboxylic acids is 1. The minimum absolute atomic E-state index is 0.264. The standard InChI is InChI=1S/C18H17Cl2NO4/c1-25-14-4-2-3-11(8-14)7-12(9-17(22)23)18(24)21-16-6-5-13(19)10-15(16)20/h2-6,8,10,12H,7,9H2,1H3,(H,21,24)(H,22,23). The normalized spacial score (nSPS) is 11.6. The molecule has 7 heteroatoms. The molecule has 0 aliphatic heterocycles. The van der Waals surface area contributed by atoms with E-state index in [2.05, 4.69) is 5.32 Å². The second-order valence-corrected chi connectivity index (χ2v) is 6.31. The number of halogens is 2. The smallest absolute Gasteiger partial charge is 0.304 e. The number of hydrogen-bond acceptors (Lipinski definition) is 3. The predicted octanol–water partition coefficient (Wildman–Crippen LogP) is 4.27. The van der Waals surface area contributed by atoms with Crippen LogP contribution in [0.4, 0.5) is 5.69 Å². The zero-order valence-corrected chi connectivity index (χ0v) is 15.0. The van der Waals surface area contributed by atoms with Crippen molar-refractivity contribution in [3.8, 4) is 5.75 Å². The third-order valence-electron chi connectivity index (χ3n) is 3.60. The predicted molar refractivity (Wildman–Crippen MR) is 97.5 cm³/mol. The minimum atomic E-state index is -1.05. The number of aliphatic carboxylic acids is 1. The van der Waals surface area contributed by atoms with Crippen LogP contribution >= 0.6 is 23.2 Å². The molecule has 0 spiro atoms. The van der Waals surface area contributed by atoms with Gasteiger partial charge in [0.1, 0.15) is 5.75 Å². The van der Waals surface area contributed by atoms with Gasteiger partial charge >= 0.3 is 5.97 Å². The lowest BCUT2D eigenvalue weighted by atomic mass is 9.95. The molecular formula is C18H17Cl2NO4. The van der Waals surface area contributed by atoms with E-state index in [1.807, 2.05) is 6.07 Å². The van der Waals surface area contributed by atoms with Crippen molar-refractivity contribution < 1.29 is 19.4 Å². The first-order valence-corrected chi connectivity index (χ1v) is 8.25. The molecule has 1 unspecified atom stereocenters. The molecule has 2 aromatic carbocycles. The molecule has 0 aromatic heterocycles. The minimum Gasteiger partial charge on any atom is -0.497 e. The molecular weight excluding hydrogens is 365 g/mol. The monoisotopic (exact) mass is 381 g/mol. The molecule has 0 aliphatic carbocycles. The van der Waals surface area contributed by atoms with Crippen molar-refractivity contribution in [3.05, 3.63) is 58.1 Å². The van der Waals surface area contributed by atoms with Crippen LogP contribution in [-0.4, -0.2) is 24.1 Å². The summed E-state index contributed by atoms with van der Waals surface area (Å²) in [6.07, 6.45) is -0.0329. The SMILES string of the molecule is COc1cccc(CC(CC(=O)O)C(=O)Nc2ccc(Cl)cc2Cl)c1. The Kier molecular flexibility index (Phi) is 6.67. The number of benzene rings is 2. The molecule has 0 radical (unpaired) electrons. The number of carboxylic acid groups (broad SMARTS) is 1. The highest BCUT2D eigenvalue weighted by molar-refractivity contribution is 6.36. The molecule has 1 amide bonds. The highest BCUT2D eigenvalue weighted by Gasteiger charge is 2.23. The molecule has 0 aliphatic rings.